The summed E-state index contributed by atoms with van der Waals surface area (Å²) in [6.07, 6.45) is 6.37. The van der Waals surface area contributed by atoms with Crippen LogP contribution in [0.1, 0.15) is 0 Å². The average molecular weight is 324 g/mol. The van der Waals surface area contributed by atoms with Crippen LogP contribution in [-0.2, 0) is 0 Å². The number of anilines is 2. The molecular formula is C15H12N6O3. The monoisotopic (exact) mass is 324 g/mol. The number of amides is 2. The number of ether oxygens (including phenoxy) is 2. The number of carbonyl (C=O) groups excluding carboxylic acids is 1. The summed E-state index contributed by atoms with van der Waals surface area (Å²) in [5.74, 6) is 2.21. The lowest BCUT2D eigenvalue weighted by atomic mass is 10.3. The zero-order valence-electron chi connectivity index (χ0n) is 12.3. The third-order valence-electron chi connectivity index (χ3n) is 3.29. The Morgan fingerprint density at radius 1 is 1.12 bits per heavy atom. The Labute approximate surface area is 136 Å². The Kier molecular flexibility index (Phi) is 3.43. The molecule has 120 valence electrons. The zero-order chi connectivity index (χ0) is 16.4. The van der Waals surface area contributed by atoms with Crippen molar-refractivity contribution in [3.8, 4) is 17.3 Å². The van der Waals surface area contributed by atoms with Crippen LogP contribution in [0.15, 0.2) is 49.3 Å². The van der Waals surface area contributed by atoms with Crippen LogP contribution in [0.2, 0.25) is 0 Å². The van der Waals surface area contributed by atoms with Gasteiger partial charge in [-0.2, -0.15) is 0 Å². The number of rotatable bonds is 3. The molecule has 0 radical (unpaired) electrons. The van der Waals surface area contributed by atoms with Gasteiger partial charge < -0.3 is 14.8 Å². The molecule has 0 unspecified atom stereocenters. The fraction of sp³-hybridized carbons (Fsp3) is 0.0667. The van der Waals surface area contributed by atoms with Gasteiger partial charge in [-0.25, -0.2) is 19.7 Å². The normalized spacial score (nSPS) is 12.0. The van der Waals surface area contributed by atoms with E-state index >= 15 is 0 Å². The molecule has 2 amide bonds. The van der Waals surface area contributed by atoms with E-state index in [-0.39, 0.29) is 6.79 Å². The molecule has 0 saturated carbocycles. The highest BCUT2D eigenvalue weighted by molar-refractivity contribution is 5.99. The van der Waals surface area contributed by atoms with Gasteiger partial charge in [-0.1, -0.05) is 0 Å². The van der Waals surface area contributed by atoms with Gasteiger partial charge >= 0.3 is 6.03 Å². The fourth-order valence-corrected chi connectivity index (χ4v) is 2.20. The first-order chi connectivity index (χ1) is 11.8. The van der Waals surface area contributed by atoms with E-state index in [0.29, 0.717) is 28.8 Å². The minimum absolute atomic E-state index is 0.183. The number of nitrogens with zero attached hydrogens (tertiary/aromatic N) is 4. The number of fused-ring (bicyclic) bond motifs is 1. The molecule has 0 aliphatic carbocycles. The van der Waals surface area contributed by atoms with Gasteiger partial charge in [0, 0.05) is 30.2 Å². The number of nitrogens with one attached hydrogen (secondary N) is 2. The van der Waals surface area contributed by atoms with Gasteiger partial charge in [-0.15, -0.1) is 0 Å². The van der Waals surface area contributed by atoms with Crippen molar-refractivity contribution in [1.82, 2.24) is 19.5 Å². The first kappa shape index (κ1) is 14.0. The Morgan fingerprint density at radius 3 is 2.92 bits per heavy atom. The summed E-state index contributed by atoms with van der Waals surface area (Å²) in [4.78, 5) is 24.2. The molecule has 1 aliphatic heterocycles. The minimum Gasteiger partial charge on any atom is -0.454 e. The predicted molar refractivity (Wildman–Crippen MR) is 84.4 cm³/mol. The Balaban J connectivity index is 1.45. The lowest BCUT2D eigenvalue weighted by Crippen LogP contribution is -2.20. The van der Waals surface area contributed by atoms with E-state index in [1.165, 1.54) is 6.33 Å². The van der Waals surface area contributed by atoms with Crippen molar-refractivity contribution in [2.75, 3.05) is 17.4 Å². The standard InChI is InChI=1S/C15H12N6O3/c22-15(19-10-1-2-11-12(5-10)24-9-23-11)20-13-6-14(18-7-17-13)21-4-3-16-8-21/h1-8H,9H2,(H2,17,18,19,20,22). The third kappa shape index (κ3) is 2.82. The van der Waals surface area contributed by atoms with Gasteiger partial charge in [-0.05, 0) is 12.1 Å². The molecule has 0 saturated heterocycles. The maximum atomic E-state index is 12.1. The molecule has 3 heterocycles. The maximum absolute atomic E-state index is 12.1. The SMILES string of the molecule is O=C(Nc1ccc2c(c1)OCO2)Nc1cc(-n2ccnc2)ncn1. The van der Waals surface area contributed by atoms with Crippen LogP contribution < -0.4 is 20.1 Å². The van der Waals surface area contributed by atoms with Crippen LogP contribution in [0, 0.1) is 0 Å². The summed E-state index contributed by atoms with van der Waals surface area (Å²) < 4.78 is 12.2. The lowest BCUT2D eigenvalue weighted by Gasteiger charge is -2.08. The van der Waals surface area contributed by atoms with Crippen LogP contribution in [0.5, 0.6) is 11.5 Å². The van der Waals surface area contributed by atoms with Gasteiger partial charge in [0.1, 0.15) is 24.3 Å². The molecule has 2 N–H and O–H groups in total. The molecule has 0 fully saturated rings. The molecule has 9 heteroatoms. The average Bonchev–Trinajstić information content (AvgIpc) is 3.26. The molecular weight excluding hydrogens is 312 g/mol. The van der Waals surface area contributed by atoms with Gasteiger partial charge in [0.05, 0.1) is 0 Å². The molecule has 2 aromatic heterocycles. The van der Waals surface area contributed by atoms with Crippen molar-refractivity contribution in [2.24, 2.45) is 0 Å². The van der Waals surface area contributed by atoms with Crippen molar-refractivity contribution in [3.63, 3.8) is 0 Å². The second kappa shape index (κ2) is 5.88. The van der Waals surface area contributed by atoms with E-state index in [9.17, 15) is 4.79 Å². The number of benzene rings is 1. The Hall–Kier alpha value is -3.62. The molecule has 24 heavy (non-hydrogen) atoms. The third-order valence-corrected chi connectivity index (χ3v) is 3.29. The van der Waals surface area contributed by atoms with E-state index in [1.54, 1.807) is 47.6 Å². The summed E-state index contributed by atoms with van der Waals surface area (Å²) in [5, 5.41) is 5.36. The van der Waals surface area contributed by atoms with E-state index in [4.69, 9.17) is 9.47 Å². The first-order valence-electron chi connectivity index (χ1n) is 7.06. The van der Waals surface area contributed by atoms with E-state index in [1.807, 2.05) is 0 Å². The Bertz CT molecular complexity index is 881. The number of imidazole rings is 1. The highest BCUT2D eigenvalue weighted by Crippen LogP contribution is 2.34. The highest BCUT2D eigenvalue weighted by Gasteiger charge is 2.14. The van der Waals surface area contributed by atoms with Crippen LogP contribution in [0.3, 0.4) is 0 Å². The number of carbonyl (C=O) groups is 1. The number of aromatic nitrogens is 4. The smallest absolute Gasteiger partial charge is 0.324 e. The van der Waals surface area contributed by atoms with E-state index in [0.717, 1.165) is 0 Å². The first-order valence-corrected chi connectivity index (χ1v) is 7.06. The molecule has 0 spiro atoms. The largest absolute Gasteiger partial charge is 0.454 e. The number of hydrogen-bond acceptors (Lipinski definition) is 6. The van der Waals surface area contributed by atoms with Crippen LogP contribution in [0.25, 0.3) is 5.82 Å². The van der Waals surface area contributed by atoms with Crippen molar-refractivity contribution in [3.05, 3.63) is 49.3 Å². The lowest BCUT2D eigenvalue weighted by molar-refractivity contribution is 0.174. The summed E-state index contributed by atoms with van der Waals surface area (Å²) in [5.41, 5.74) is 0.584. The van der Waals surface area contributed by atoms with Crippen molar-refractivity contribution >= 4 is 17.5 Å². The van der Waals surface area contributed by atoms with Crippen LogP contribution in [0.4, 0.5) is 16.3 Å². The van der Waals surface area contributed by atoms with Crippen molar-refractivity contribution in [1.29, 1.82) is 0 Å². The van der Waals surface area contributed by atoms with Crippen molar-refractivity contribution in [2.45, 2.75) is 0 Å². The summed E-state index contributed by atoms with van der Waals surface area (Å²) in [6, 6.07) is 6.37. The quantitative estimate of drug-likeness (QED) is 0.764. The molecule has 9 nitrogen and oxygen atoms in total. The molecule has 4 rings (SSSR count). The molecule has 1 aliphatic rings. The number of hydrogen-bond donors (Lipinski definition) is 2. The van der Waals surface area contributed by atoms with Gasteiger partial charge in [0.2, 0.25) is 6.79 Å². The van der Waals surface area contributed by atoms with Gasteiger partial charge in [0.25, 0.3) is 0 Å². The molecule has 3 aromatic rings. The van der Waals surface area contributed by atoms with E-state index < -0.39 is 6.03 Å². The summed E-state index contributed by atoms with van der Waals surface area (Å²) in [6.45, 7) is 0.183. The second-order valence-electron chi connectivity index (χ2n) is 4.88. The fourth-order valence-electron chi connectivity index (χ4n) is 2.20. The summed E-state index contributed by atoms with van der Waals surface area (Å²) in [7, 11) is 0. The second-order valence-corrected chi connectivity index (χ2v) is 4.88. The molecule has 1 aromatic carbocycles. The molecule has 0 bridgehead atoms. The van der Waals surface area contributed by atoms with E-state index in [2.05, 4.69) is 25.6 Å². The summed E-state index contributed by atoms with van der Waals surface area (Å²) >= 11 is 0. The van der Waals surface area contributed by atoms with Gasteiger partial charge in [0.15, 0.2) is 11.5 Å². The Morgan fingerprint density at radius 2 is 2.04 bits per heavy atom. The zero-order valence-corrected chi connectivity index (χ0v) is 12.3. The molecule has 0 atom stereocenters. The minimum atomic E-state index is -0.427. The maximum Gasteiger partial charge on any atom is 0.324 e. The van der Waals surface area contributed by atoms with Crippen LogP contribution in [-0.4, -0.2) is 32.3 Å². The predicted octanol–water partition coefficient (Wildman–Crippen LogP) is 2.03. The van der Waals surface area contributed by atoms with Crippen molar-refractivity contribution < 1.29 is 14.3 Å². The topological polar surface area (TPSA) is 103 Å². The highest BCUT2D eigenvalue weighted by atomic mass is 16.7. The van der Waals surface area contributed by atoms with Gasteiger partial charge in [-0.3, -0.25) is 9.88 Å². The number of urea groups is 1. The van der Waals surface area contributed by atoms with Crippen LogP contribution >= 0.6 is 0 Å².